The molecule has 1 aromatic carbocycles. The molecule has 1 atom stereocenters. The molecule has 1 unspecified atom stereocenters. The average Bonchev–Trinajstić information content (AvgIpc) is 2.28. The van der Waals surface area contributed by atoms with E-state index in [1.54, 1.807) is 0 Å². The maximum atomic E-state index is 3.63. The number of rotatable bonds is 7. The van der Waals surface area contributed by atoms with Crippen LogP contribution in [0.5, 0.6) is 0 Å². The van der Waals surface area contributed by atoms with Crippen LogP contribution in [0.2, 0.25) is 0 Å². The van der Waals surface area contributed by atoms with Gasteiger partial charge in [0.2, 0.25) is 0 Å². The Morgan fingerprint density at radius 3 is 2.39 bits per heavy atom. The summed E-state index contributed by atoms with van der Waals surface area (Å²) in [5.74, 6) is 0.811. The molecule has 1 rings (SSSR count). The van der Waals surface area contributed by atoms with Crippen LogP contribution in [0.4, 0.5) is 0 Å². The van der Waals surface area contributed by atoms with E-state index in [4.69, 9.17) is 0 Å². The van der Waals surface area contributed by atoms with Gasteiger partial charge in [-0.25, -0.2) is 0 Å². The molecule has 0 fully saturated rings. The lowest BCUT2D eigenvalue weighted by atomic mass is 9.94. The Balaban J connectivity index is 2.70. The lowest BCUT2D eigenvalue weighted by Crippen LogP contribution is -2.21. The van der Waals surface area contributed by atoms with Crippen molar-refractivity contribution in [2.24, 2.45) is 5.92 Å². The third kappa shape index (κ3) is 4.81. The molecule has 1 aromatic rings. The van der Waals surface area contributed by atoms with Crippen LogP contribution in [-0.4, -0.2) is 6.54 Å². The van der Waals surface area contributed by atoms with E-state index in [0.717, 1.165) is 12.5 Å². The number of benzene rings is 1. The monoisotopic (exact) mass is 247 g/mol. The van der Waals surface area contributed by atoms with Crippen LogP contribution in [0, 0.1) is 19.8 Å². The number of hydrogen-bond donors (Lipinski definition) is 1. The zero-order valence-corrected chi connectivity index (χ0v) is 12.7. The first kappa shape index (κ1) is 15.2. The van der Waals surface area contributed by atoms with Crippen molar-refractivity contribution >= 4 is 0 Å². The summed E-state index contributed by atoms with van der Waals surface area (Å²) in [6.07, 6.45) is 3.88. The van der Waals surface area contributed by atoms with Gasteiger partial charge in [0.15, 0.2) is 0 Å². The van der Waals surface area contributed by atoms with Crippen molar-refractivity contribution in [2.75, 3.05) is 6.54 Å². The van der Waals surface area contributed by atoms with Gasteiger partial charge in [-0.1, -0.05) is 57.4 Å². The molecule has 0 radical (unpaired) electrons. The van der Waals surface area contributed by atoms with E-state index in [1.165, 1.54) is 36.0 Å². The number of hydrogen-bond acceptors (Lipinski definition) is 1. The highest BCUT2D eigenvalue weighted by Gasteiger charge is 2.12. The summed E-state index contributed by atoms with van der Waals surface area (Å²) in [7, 11) is 0. The van der Waals surface area contributed by atoms with Gasteiger partial charge in [0.05, 0.1) is 0 Å². The molecular weight excluding hydrogens is 218 g/mol. The molecule has 1 N–H and O–H groups in total. The van der Waals surface area contributed by atoms with Crippen molar-refractivity contribution in [3.63, 3.8) is 0 Å². The first-order valence-corrected chi connectivity index (χ1v) is 7.35. The zero-order chi connectivity index (χ0) is 13.5. The molecule has 0 saturated carbocycles. The second-order valence-electron chi connectivity index (χ2n) is 5.80. The molecular formula is C17H29N. The molecule has 0 saturated heterocycles. The molecule has 0 bridgehead atoms. The van der Waals surface area contributed by atoms with Crippen LogP contribution < -0.4 is 5.32 Å². The summed E-state index contributed by atoms with van der Waals surface area (Å²) in [5, 5.41) is 3.63. The van der Waals surface area contributed by atoms with Gasteiger partial charge < -0.3 is 5.32 Å². The van der Waals surface area contributed by atoms with E-state index in [9.17, 15) is 0 Å². The van der Waals surface area contributed by atoms with Crippen molar-refractivity contribution in [2.45, 2.75) is 59.9 Å². The summed E-state index contributed by atoms with van der Waals surface area (Å²) in [4.78, 5) is 0. The third-order valence-corrected chi connectivity index (χ3v) is 3.53. The normalized spacial score (nSPS) is 13.0. The lowest BCUT2D eigenvalue weighted by Gasteiger charge is -2.21. The van der Waals surface area contributed by atoms with Gasteiger partial charge in [-0.2, -0.15) is 0 Å². The minimum absolute atomic E-state index is 0.523. The molecule has 1 nitrogen and oxygen atoms in total. The molecule has 0 heterocycles. The molecule has 102 valence electrons. The van der Waals surface area contributed by atoms with Crippen molar-refractivity contribution in [1.82, 2.24) is 5.32 Å². The molecule has 0 aliphatic heterocycles. The predicted molar refractivity (Wildman–Crippen MR) is 81.0 cm³/mol. The molecule has 0 aromatic heterocycles. The lowest BCUT2D eigenvalue weighted by molar-refractivity contribution is 0.454. The Morgan fingerprint density at radius 1 is 1.11 bits per heavy atom. The van der Waals surface area contributed by atoms with Crippen LogP contribution in [0.1, 0.15) is 62.8 Å². The van der Waals surface area contributed by atoms with Gasteiger partial charge in [0, 0.05) is 6.04 Å². The van der Waals surface area contributed by atoms with Gasteiger partial charge in [-0.15, -0.1) is 0 Å². The van der Waals surface area contributed by atoms with Gasteiger partial charge in [-0.05, 0) is 43.9 Å². The fourth-order valence-corrected chi connectivity index (χ4v) is 2.56. The van der Waals surface area contributed by atoms with Crippen molar-refractivity contribution < 1.29 is 0 Å². The Bertz CT molecular complexity index is 355. The maximum absolute atomic E-state index is 3.63. The fraction of sp³-hybridized carbons (Fsp3) is 0.647. The summed E-state index contributed by atoms with van der Waals surface area (Å²) in [5.41, 5.74) is 4.25. The van der Waals surface area contributed by atoms with Gasteiger partial charge in [-0.3, -0.25) is 0 Å². The van der Waals surface area contributed by atoms with E-state index in [-0.39, 0.29) is 0 Å². The van der Waals surface area contributed by atoms with E-state index in [2.05, 4.69) is 58.1 Å². The van der Waals surface area contributed by atoms with Gasteiger partial charge in [0.1, 0.15) is 0 Å². The summed E-state index contributed by atoms with van der Waals surface area (Å²) in [6, 6.07) is 7.35. The summed E-state index contributed by atoms with van der Waals surface area (Å²) in [6.45, 7) is 12.2. The third-order valence-electron chi connectivity index (χ3n) is 3.53. The maximum Gasteiger partial charge on any atom is 0.0322 e. The SMILES string of the molecule is CCNC(CCCC(C)C)c1ccc(C)cc1C. The Labute approximate surface area is 113 Å². The quantitative estimate of drug-likeness (QED) is 0.731. The standard InChI is InChI=1S/C17H29N/c1-6-18-17(9-7-8-13(2)3)16-11-10-14(4)12-15(16)5/h10-13,17-18H,6-9H2,1-5H3. The highest BCUT2D eigenvalue weighted by molar-refractivity contribution is 5.32. The Kier molecular flexibility index (Phi) is 6.42. The Hall–Kier alpha value is -0.820. The van der Waals surface area contributed by atoms with Crippen molar-refractivity contribution in [3.05, 3.63) is 34.9 Å². The molecule has 0 aliphatic rings. The molecule has 18 heavy (non-hydrogen) atoms. The van der Waals surface area contributed by atoms with Crippen LogP contribution in [0.15, 0.2) is 18.2 Å². The van der Waals surface area contributed by atoms with Crippen LogP contribution in [0.25, 0.3) is 0 Å². The first-order valence-electron chi connectivity index (χ1n) is 7.35. The smallest absolute Gasteiger partial charge is 0.0322 e. The Morgan fingerprint density at radius 2 is 1.83 bits per heavy atom. The molecule has 1 heteroatoms. The molecule has 0 aliphatic carbocycles. The van der Waals surface area contributed by atoms with Gasteiger partial charge >= 0.3 is 0 Å². The summed E-state index contributed by atoms with van der Waals surface area (Å²) >= 11 is 0. The first-order chi connectivity index (χ1) is 8.54. The number of aryl methyl sites for hydroxylation is 2. The highest BCUT2D eigenvalue weighted by Crippen LogP contribution is 2.24. The van der Waals surface area contributed by atoms with Crippen LogP contribution in [-0.2, 0) is 0 Å². The second kappa shape index (κ2) is 7.58. The molecule has 0 spiro atoms. The molecule has 0 amide bonds. The largest absolute Gasteiger partial charge is 0.310 e. The van der Waals surface area contributed by atoms with Crippen molar-refractivity contribution in [3.8, 4) is 0 Å². The fourth-order valence-electron chi connectivity index (χ4n) is 2.56. The minimum atomic E-state index is 0.523. The highest BCUT2D eigenvalue weighted by atomic mass is 14.9. The van der Waals surface area contributed by atoms with Crippen molar-refractivity contribution in [1.29, 1.82) is 0 Å². The van der Waals surface area contributed by atoms with Crippen LogP contribution >= 0.6 is 0 Å². The minimum Gasteiger partial charge on any atom is -0.310 e. The van der Waals surface area contributed by atoms with E-state index in [0.29, 0.717) is 6.04 Å². The van der Waals surface area contributed by atoms with E-state index in [1.807, 2.05) is 0 Å². The van der Waals surface area contributed by atoms with Crippen LogP contribution in [0.3, 0.4) is 0 Å². The predicted octanol–water partition coefficient (Wildman–Crippen LogP) is 4.78. The van der Waals surface area contributed by atoms with E-state index >= 15 is 0 Å². The summed E-state index contributed by atoms with van der Waals surface area (Å²) < 4.78 is 0. The second-order valence-corrected chi connectivity index (χ2v) is 5.80. The number of nitrogens with one attached hydrogen (secondary N) is 1. The zero-order valence-electron chi connectivity index (χ0n) is 12.7. The topological polar surface area (TPSA) is 12.0 Å². The van der Waals surface area contributed by atoms with Gasteiger partial charge in [0.25, 0.3) is 0 Å². The van der Waals surface area contributed by atoms with E-state index < -0.39 is 0 Å². The average molecular weight is 247 g/mol.